The second-order valence-electron chi connectivity index (χ2n) is 7.92. The van der Waals surface area contributed by atoms with Gasteiger partial charge in [0.25, 0.3) is 0 Å². The molecule has 2 saturated carbocycles. The zero-order valence-corrected chi connectivity index (χ0v) is 15.4. The van der Waals surface area contributed by atoms with E-state index in [0.29, 0.717) is 36.6 Å². The summed E-state index contributed by atoms with van der Waals surface area (Å²) in [6, 6.07) is 10.0. The first kappa shape index (κ1) is 17.3. The summed E-state index contributed by atoms with van der Waals surface area (Å²) in [7, 11) is 0. The monoisotopic (exact) mass is 353 g/mol. The molecule has 4 rings (SSSR count). The van der Waals surface area contributed by atoms with Gasteiger partial charge in [0, 0.05) is 24.4 Å². The third-order valence-corrected chi connectivity index (χ3v) is 6.11. The van der Waals surface area contributed by atoms with Crippen molar-refractivity contribution in [3.63, 3.8) is 0 Å². The van der Waals surface area contributed by atoms with Crippen LogP contribution in [0.1, 0.15) is 51.3 Å². The van der Waals surface area contributed by atoms with Crippen molar-refractivity contribution in [1.29, 1.82) is 0 Å². The first-order valence-electron chi connectivity index (χ1n) is 9.86. The number of aryl methyl sites for hydroxylation is 1. The van der Waals surface area contributed by atoms with Crippen LogP contribution in [0, 0.1) is 17.8 Å². The second kappa shape index (κ2) is 7.60. The molecule has 5 heteroatoms. The molecule has 2 fully saturated rings. The summed E-state index contributed by atoms with van der Waals surface area (Å²) in [6.45, 7) is 2.17. The van der Waals surface area contributed by atoms with E-state index in [1.807, 2.05) is 30.3 Å². The van der Waals surface area contributed by atoms with Gasteiger partial charge in [0.05, 0.1) is 0 Å². The molecule has 138 valence electrons. The van der Waals surface area contributed by atoms with Crippen LogP contribution in [0.4, 0.5) is 0 Å². The zero-order chi connectivity index (χ0) is 17.9. The van der Waals surface area contributed by atoms with Crippen molar-refractivity contribution in [1.82, 2.24) is 15.5 Å². The lowest BCUT2D eigenvalue weighted by atomic mass is 9.84. The summed E-state index contributed by atoms with van der Waals surface area (Å²) in [5.41, 5.74) is 0.920. The van der Waals surface area contributed by atoms with E-state index in [9.17, 15) is 4.79 Å². The normalized spacial score (nSPS) is 25.3. The second-order valence-corrected chi connectivity index (χ2v) is 7.92. The smallest absolute Gasteiger partial charge is 0.247 e. The summed E-state index contributed by atoms with van der Waals surface area (Å²) in [4.78, 5) is 12.3. The molecule has 0 saturated heterocycles. The number of carbonyl (C=O) groups is 1. The molecular weight excluding hydrogens is 326 g/mol. The first-order valence-corrected chi connectivity index (χ1v) is 9.86. The molecule has 1 aromatic heterocycles. The van der Waals surface area contributed by atoms with Crippen LogP contribution >= 0.6 is 0 Å². The van der Waals surface area contributed by atoms with Crippen LogP contribution in [0.15, 0.2) is 34.7 Å². The van der Waals surface area contributed by atoms with E-state index in [0.717, 1.165) is 23.8 Å². The Morgan fingerprint density at radius 2 is 2.08 bits per heavy atom. The Labute approximate surface area is 154 Å². The van der Waals surface area contributed by atoms with Crippen molar-refractivity contribution in [2.24, 2.45) is 17.8 Å². The van der Waals surface area contributed by atoms with Crippen LogP contribution in [0.5, 0.6) is 0 Å². The van der Waals surface area contributed by atoms with Crippen LogP contribution in [-0.4, -0.2) is 22.1 Å². The van der Waals surface area contributed by atoms with Crippen LogP contribution in [0.2, 0.25) is 0 Å². The molecule has 1 aromatic carbocycles. The van der Waals surface area contributed by atoms with Gasteiger partial charge in [-0.2, -0.15) is 0 Å². The molecule has 4 atom stereocenters. The van der Waals surface area contributed by atoms with Gasteiger partial charge in [-0.25, -0.2) is 0 Å². The van der Waals surface area contributed by atoms with Crippen molar-refractivity contribution >= 4 is 5.91 Å². The molecule has 1 heterocycles. The minimum absolute atomic E-state index is 0.142. The Hall–Kier alpha value is -2.17. The number of nitrogens with zero attached hydrogens (tertiary/aromatic N) is 2. The van der Waals surface area contributed by atoms with Crippen molar-refractivity contribution in [2.75, 3.05) is 0 Å². The number of hydrogen-bond donors (Lipinski definition) is 1. The summed E-state index contributed by atoms with van der Waals surface area (Å²) < 4.78 is 5.69. The molecule has 2 bridgehead atoms. The summed E-state index contributed by atoms with van der Waals surface area (Å²) in [5.74, 6) is 3.71. The van der Waals surface area contributed by atoms with Gasteiger partial charge in [-0.3, -0.25) is 4.79 Å². The van der Waals surface area contributed by atoms with Gasteiger partial charge in [0.15, 0.2) is 0 Å². The molecular formula is C21H27N3O2. The van der Waals surface area contributed by atoms with Crippen molar-refractivity contribution in [2.45, 2.75) is 57.9 Å². The van der Waals surface area contributed by atoms with Gasteiger partial charge in [0.1, 0.15) is 0 Å². The van der Waals surface area contributed by atoms with Crippen LogP contribution in [0.25, 0.3) is 11.5 Å². The maximum Gasteiger partial charge on any atom is 0.247 e. The predicted octanol–water partition coefficient (Wildman–Crippen LogP) is 4.00. The maximum absolute atomic E-state index is 12.3. The lowest BCUT2D eigenvalue weighted by Crippen LogP contribution is -2.40. The van der Waals surface area contributed by atoms with Crippen molar-refractivity contribution in [3.8, 4) is 11.5 Å². The average Bonchev–Trinajstić information content (AvgIpc) is 3.39. The molecule has 0 aliphatic heterocycles. The number of amides is 1. The third-order valence-electron chi connectivity index (χ3n) is 6.11. The Morgan fingerprint density at radius 3 is 2.81 bits per heavy atom. The van der Waals surface area contributed by atoms with Gasteiger partial charge < -0.3 is 9.73 Å². The fourth-order valence-corrected chi connectivity index (χ4v) is 4.79. The molecule has 0 spiro atoms. The third kappa shape index (κ3) is 3.81. The fraction of sp³-hybridized carbons (Fsp3) is 0.571. The lowest BCUT2D eigenvalue weighted by molar-refractivity contribution is -0.122. The number of benzene rings is 1. The SMILES string of the molecule is C[C@@H](NC(=O)CCCc1nnc(-c2ccccc2)o1)[C@@H]1C[C@H]2CC[C@H]1C2. The van der Waals surface area contributed by atoms with E-state index in [2.05, 4.69) is 22.4 Å². The molecule has 26 heavy (non-hydrogen) atoms. The van der Waals surface area contributed by atoms with Crippen LogP contribution in [0.3, 0.4) is 0 Å². The van der Waals surface area contributed by atoms with E-state index < -0.39 is 0 Å². The van der Waals surface area contributed by atoms with E-state index in [1.165, 1.54) is 25.7 Å². The molecule has 1 N–H and O–H groups in total. The summed E-state index contributed by atoms with van der Waals surface area (Å²) in [6.07, 6.45) is 7.31. The highest BCUT2D eigenvalue weighted by Gasteiger charge is 2.42. The standard InChI is InChI=1S/C21H27N3O2/c1-14(18-13-15-10-11-17(18)12-15)22-19(25)8-5-9-20-23-24-21(26-20)16-6-3-2-4-7-16/h2-4,6-7,14-15,17-18H,5,8-13H2,1H3,(H,22,25)/t14-,15+,17+,18+/m1/s1. The molecule has 2 aliphatic carbocycles. The minimum Gasteiger partial charge on any atom is -0.421 e. The maximum atomic E-state index is 12.3. The van der Waals surface area contributed by atoms with Crippen molar-refractivity contribution in [3.05, 3.63) is 36.2 Å². The van der Waals surface area contributed by atoms with Crippen LogP contribution < -0.4 is 5.32 Å². The summed E-state index contributed by atoms with van der Waals surface area (Å²) in [5, 5.41) is 11.4. The highest BCUT2D eigenvalue weighted by atomic mass is 16.4. The molecule has 1 amide bonds. The highest BCUT2D eigenvalue weighted by molar-refractivity contribution is 5.76. The van der Waals surface area contributed by atoms with Crippen molar-refractivity contribution < 1.29 is 9.21 Å². The quantitative estimate of drug-likeness (QED) is 0.817. The molecule has 5 nitrogen and oxygen atoms in total. The van der Waals surface area contributed by atoms with E-state index in [4.69, 9.17) is 4.42 Å². The Kier molecular flexibility index (Phi) is 5.05. The Bertz CT molecular complexity index is 743. The zero-order valence-electron chi connectivity index (χ0n) is 15.4. The molecule has 2 aliphatic rings. The number of aromatic nitrogens is 2. The number of fused-ring (bicyclic) bond motifs is 2. The van der Waals surface area contributed by atoms with Gasteiger partial charge in [-0.1, -0.05) is 24.6 Å². The molecule has 2 aromatic rings. The molecule has 0 unspecified atom stereocenters. The fourth-order valence-electron chi connectivity index (χ4n) is 4.79. The van der Waals surface area contributed by atoms with Gasteiger partial charge in [0.2, 0.25) is 17.7 Å². The largest absolute Gasteiger partial charge is 0.421 e. The topological polar surface area (TPSA) is 68.0 Å². The van der Waals surface area contributed by atoms with E-state index >= 15 is 0 Å². The lowest BCUT2D eigenvalue weighted by Gasteiger charge is -2.28. The van der Waals surface area contributed by atoms with Gasteiger partial charge >= 0.3 is 0 Å². The minimum atomic E-state index is 0.142. The number of nitrogens with one attached hydrogen (secondary N) is 1. The number of hydrogen-bond acceptors (Lipinski definition) is 4. The van der Waals surface area contributed by atoms with Crippen LogP contribution in [-0.2, 0) is 11.2 Å². The first-order chi connectivity index (χ1) is 12.7. The Morgan fingerprint density at radius 1 is 1.23 bits per heavy atom. The predicted molar refractivity (Wildman–Crippen MR) is 99.2 cm³/mol. The summed E-state index contributed by atoms with van der Waals surface area (Å²) >= 11 is 0. The number of rotatable bonds is 7. The van der Waals surface area contributed by atoms with Gasteiger partial charge in [-0.15, -0.1) is 10.2 Å². The average molecular weight is 353 g/mol. The Balaban J connectivity index is 1.21. The highest BCUT2D eigenvalue weighted by Crippen LogP contribution is 2.49. The van der Waals surface area contributed by atoms with E-state index in [-0.39, 0.29) is 5.91 Å². The molecule has 0 radical (unpaired) electrons. The number of carbonyl (C=O) groups excluding carboxylic acids is 1. The van der Waals surface area contributed by atoms with Gasteiger partial charge in [-0.05, 0) is 62.5 Å². The van der Waals surface area contributed by atoms with E-state index in [1.54, 1.807) is 0 Å².